The van der Waals surface area contributed by atoms with E-state index in [-0.39, 0.29) is 11.8 Å². The Morgan fingerprint density at radius 1 is 1.07 bits per heavy atom. The first-order valence-electron chi connectivity index (χ1n) is 9.69. The molecule has 0 unspecified atom stereocenters. The predicted molar refractivity (Wildman–Crippen MR) is 113 cm³/mol. The van der Waals surface area contributed by atoms with Crippen LogP contribution in [0.3, 0.4) is 0 Å². The number of Topliss-reactive ketones (excluding diaryl/α,β-unsaturated/α-hetero) is 1. The van der Waals surface area contributed by atoms with Crippen LogP contribution in [0.2, 0.25) is 0 Å². The number of hydrogen-bond acceptors (Lipinski definition) is 4. The number of ketones is 1. The molecule has 0 aliphatic carbocycles. The Kier molecular flexibility index (Phi) is 6.36. The fourth-order valence-electron chi connectivity index (χ4n) is 3.37. The van der Waals surface area contributed by atoms with Crippen molar-refractivity contribution in [3.8, 4) is 0 Å². The van der Waals surface area contributed by atoms with Crippen LogP contribution < -0.4 is 15.1 Å². The molecule has 0 spiro atoms. The zero-order chi connectivity index (χ0) is 21.0. The van der Waals surface area contributed by atoms with E-state index >= 15 is 0 Å². The second-order valence-corrected chi connectivity index (χ2v) is 7.42. The number of nitrogens with zero attached hydrogens (tertiary/aromatic N) is 3. The molecule has 29 heavy (non-hydrogen) atoms. The van der Waals surface area contributed by atoms with Crippen LogP contribution in [0.25, 0.3) is 0 Å². The summed E-state index contributed by atoms with van der Waals surface area (Å²) in [6, 6.07) is 12.5. The highest BCUT2D eigenvalue weighted by Crippen LogP contribution is 2.22. The number of hydrogen-bond donors (Lipinski definition) is 1. The summed E-state index contributed by atoms with van der Waals surface area (Å²) in [5.74, 6) is -0.565. The maximum atomic E-state index is 14.4. The Morgan fingerprint density at radius 2 is 1.79 bits per heavy atom. The monoisotopic (exact) mass is 398 g/mol. The van der Waals surface area contributed by atoms with Gasteiger partial charge in [0.25, 0.3) is 0 Å². The number of anilines is 2. The molecule has 1 aliphatic heterocycles. The fraction of sp³-hybridized carbons (Fsp3) is 0.364. The lowest BCUT2D eigenvalue weighted by atomic mass is 10.1. The Hall–Kier alpha value is -3.09. The van der Waals surface area contributed by atoms with Crippen molar-refractivity contribution in [2.45, 2.75) is 13.5 Å². The molecule has 1 aliphatic rings. The molecule has 2 aromatic rings. The van der Waals surface area contributed by atoms with E-state index in [1.54, 1.807) is 17.0 Å². The molecule has 1 heterocycles. The highest BCUT2D eigenvalue weighted by molar-refractivity contribution is 5.94. The Balaban J connectivity index is 1.53. The summed E-state index contributed by atoms with van der Waals surface area (Å²) < 4.78 is 14.4. The second-order valence-electron chi connectivity index (χ2n) is 7.42. The number of halogens is 1. The quantitative estimate of drug-likeness (QED) is 0.787. The Bertz CT molecular complexity index is 892. The highest BCUT2D eigenvalue weighted by atomic mass is 19.1. The maximum Gasteiger partial charge on any atom is 0.317 e. The van der Waals surface area contributed by atoms with Crippen LogP contribution in [0.5, 0.6) is 0 Å². The average molecular weight is 398 g/mol. The van der Waals surface area contributed by atoms with Gasteiger partial charge in [-0.15, -0.1) is 0 Å². The number of nitrogens with one attached hydrogen (secondary N) is 1. The van der Waals surface area contributed by atoms with Crippen LogP contribution in [0, 0.1) is 5.82 Å². The third-order valence-corrected chi connectivity index (χ3v) is 5.13. The molecular formula is C22H27FN4O2. The molecule has 1 fully saturated rings. The van der Waals surface area contributed by atoms with Gasteiger partial charge in [-0.1, -0.05) is 12.1 Å². The van der Waals surface area contributed by atoms with Crippen LogP contribution in [-0.4, -0.2) is 57.0 Å². The molecule has 2 aromatic carbocycles. The minimum absolute atomic E-state index is 0.118. The van der Waals surface area contributed by atoms with E-state index in [1.165, 1.54) is 13.0 Å². The summed E-state index contributed by atoms with van der Waals surface area (Å²) in [6.07, 6.45) is 0. The van der Waals surface area contributed by atoms with E-state index in [9.17, 15) is 14.0 Å². The molecule has 0 atom stereocenters. The molecule has 1 saturated heterocycles. The molecule has 2 amide bonds. The van der Waals surface area contributed by atoms with Gasteiger partial charge in [0.1, 0.15) is 5.82 Å². The normalized spacial score (nSPS) is 13.9. The molecule has 3 rings (SSSR count). The van der Waals surface area contributed by atoms with Gasteiger partial charge in [-0.3, -0.25) is 4.79 Å². The number of benzene rings is 2. The van der Waals surface area contributed by atoms with E-state index < -0.39 is 5.82 Å². The summed E-state index contributed by atoms with van der Waals surface area (Å²) in [5.41, 5.74) is 2.96. The minimum Gasteiger partial charge on any atom is -0.378 e. The SMILES string of the molecule is CC(=O)c1ccc(N2CCN(C(=O)NCc3cccc(N(C)C)c3)CC2)c(F)c1. The van der Waals surface area contributed by atoms with Crippen molar-refractivity contribution in [2.75, 3.05) is 50.1 Å². The van der Waals surface area contributed by atoms with Gasteiger partial charge in [-0.05, 0) is 42.8 Å². The van der Waals surface area contributed by atoms with Gasteiger partial charge in [-0.2, -0.15) is 0 Å². The van der Waals surface area contributed by atoms with Gasteiger partial charge in [0.05, 0.1) is 5.69 Å². The molecule has 1 N–H and O–H groups in total. The van der Waals surface area contributed by atoms with Gasteiger partial charge in [0.15, 0.2) is 5.78 Å². The van der Waals surface area contributed by atoms with Gasteiger partial charge in [0.2, 0.25) is 0 Å². The predicted octanol–water partition coefficient (Wildman–Crippen LogP) is 3.13. The molecular weight excluding hydrogens is 371 g/mol. The number of rotatable bonds is 5. The molecule has 154 valence electrons. The van der Waals surface area contributed by atoms with E-state index in [1.807, 2.05) is 48.2 Å². The van der Waals surface area contributed by atoms with Crippen molar-refractivity contribution in [3.63, 3.8) is 0 Å². The first-order valence-corrected chi connectivity index (χ1v) is 9.69. The average Bonchev–Trinajstić information content (AvgIpc) is 2.72. The molecule has 0 radical (unpaired) electrons. The summed E-state index contributed by atoms with van der Waals surface area (Å²) in [6.45, 7) is 3.99. The summed E-state index contributed by atoms with van der Waals surface area (Å²) in [5, 5.41) is 2.96. The largest absolute Gasteiger partial charge is 0.378 e. The minimum atomic E-state index is -0.406. The highest BCUT2D eigenvalue weighted by Gasteiger charge is 2.23. The molecule has 0 aromatic heterocycles. The Morgan fingerprint density at radius 3 is 2.41 bits per heavy atom. The molecule has 6 nitrogen and oxygen atoms in total. The van der Waals surface area contributed by atoms with Crippen LogP contribution in [-0.2, 0) is 6.54 Å². The van der Waals surface area contributed by atoms with E-state index in [4.69, 9.17) is 0 Å². The lowest BCUT2D eigenvalue weighted by Gasteiger charge is -2.36. The van der Waals surface area contributed by atoms with Crippen molar-refractivity contribution in [3.05, 3.63) is 59.4 Å². The first-order chi connectivity index (χ1) is 13.8. The van der Waals surface area contributed by atoms with Crippen molar-refractivity contribution in [2.24, 2.45) is 0 Å². The summed E-state index contributed by atoms with van der Waals surface area (Å²) in [4.78, 5) is 29.6. The van der Waals surface area contributed by atoms with Crippen LogP contribution in [0.4, 0.5) is 20.6 Å². The van der Waals surface area contributed by atoms with Gasteiger partial charge >= 0.3 is 6.03 Å². The number of piperazine rings is 1. The molecule has 0 saturated carbocycles. The lowest BCUT2D eigenvalue weighted by molar-refractivity contribution is 0.101. The van der Waals surface area contributed by atoms with Crippen molar-refractivity contribution in [1.82, 2.24) is 10.2 Å². The maximum absolute atomic E-state index is 14.4. The number of carbonyl (C=O) groups is 2. The smallest absolute Gasteiger partial charge is 0.317 e. The fourth-order valence-corrected chi connectivity index (χ4v) is 3.37. The summed E-state index contributed by atoms with van der Waals surface area (Å²) >= 11 is 0. The van der Waals surface area contributed by atoms with Crippen molar-refractivity contribution in [1.29, 1.82) is 0 Å². The number of urea groups is 1. The molecule has 0 bridgehead atoms. The van der Waals surface area contributed by atoms with Crippen LogP contribution in [0.15, 0.2) is 42.5 Å². The van der Waals surface area contributed by atoms with Crippen LogP contribution >= 0.6 is 0 Å². The van der Waals surface area contributed by atoms with Crippen LogP contribution in [0.1, 0.15) is 22.8 Å². The third-order valence-electron chi connectivity index (χ3n) is 5.13. The first kappa shape index (κ1) is 20.6. The number of amides is 2. The van der Waals surface area contributed by atoms with Gasteiger partial charge in [-0.25, -0.2) is 9.18 Å². The number of carbonyl (C=O) groups excluding carboxylic acids is 2. The standard InChI is InChI=1S/C22H27FN4O2/c1-16(28)18-7-8-21(20(23)14-18)26-9-11-27(12-10-26)22(29)24-15-17-5-4-6-19(13-17)25(2)3/h4-8,13-14H,9-12,15H2,1-3H3,(H,24,29). The lowest BCUT2D eigenvalue weighted by Crippen LogP contribution is -2.51. The van der Waals surface area contributed by atoms with Crippen molar-refractivity contribution < 1.29 is 14.0 Å². The molecule has 7 heteroatoms. The second kappa shape index (κ2) is 8.94. The zero-order valence-corrected chi connectivity index (χ0v) is 17.1. The zero-order valence-electron chi connectivity index (χ0n) is 17.1. The van der Waals surface area contributed by atoms with E-state index in [0.717, 1.165) is 11.3 Å². The topological polar surface area (TPSA) is 55.9 Å². The van der Waals surface area contributed by atoms with E-state index in [2.05, 4.69) is 5.32 Å². The Labute approximate surface area is 170 Å². The third kappa shape index (κ3) is 5.04. The van der Waals surface area contributed by atoms with Gasteiger partial charge in [0, 0.05) is 58.1 Å². The van der Waals surface area contributed by atoms with E-state index in [0.29, 0.717) is 44.0 Å². The van der Waals surface area contributed by atoms with Crippen molar-refractivity contribution >= 4 is 23.2 Å². The van der Waals surface area contributed by atoms with Gasteiger partial charge < -0.3 is 20.0 Å². The summed E-state index contributed by atoms with van der Waals surface area (Å²) in [7, 11) is 3.96.